The van der Waals surface area contributed by atoms with Gasteiger partial charge >= 0.3 is 0 Å². The predicted molar refractivity (Wildman–Crippen MR) is 81.4 cm³/mol. The average Bonchev–Trinajstić information content (AvgIpc) is 2.35. The number of ether oxygens (including phenoxy) is 3. The van der Waals surface area contributed by atoms with Crippen molar-refractivity contribution in [3.05, 3.63) is 0 Å². The molecule has 0 rings (SSSR count). The second-order valence-corrected chi connectivity index (χ2v) is 11.2. The Kier molecular flexibility index (Phi) is 8.77. The van der Waals surface area contributed by atoms with E-state index in [2.05, 4.69) is 33.9 Å². The third-order valence-corrected chi connectivity index (χ3v) is 8.36. The Morgan fingerprint density at radius 2 is 1.75 bits per heavy atom. The van der Waals surface area contributed by atoms with Crippen molar-refractivity contribution in [1.29, 1.82) is 0 Å². The van der Waals surface area contributed by atoms with Gasteiger partial charge in [-0.25, -0.2) is 0 Å². The van der Waals surface area contributed by atoms with Gasteiger partial charge in [-0.3, -0.25) is 0 Å². The van der Waals surface area contributed by atoms with E-state index in [9.17, 15) is 4.79 Å². The first kappa shape index (κ1) is 19.7. The van der Waals surface area contributed by atoms with E-state index in [0.29, 0.717) is 6.61 Å². The molecule has 20 heavy (non-hydrogen) atoms. The number of carbonyl (C=O) groups excluding carboxylic acids is 1. The third kappa shape index (κ3) is 6.45. The van der Waals surface area contributed by atoms with Crippen LogP contribution < -0.4 is 0 Å². The number of carbonyl (C=O) groups is 1. The highest BCUT2D eigenvalue weighted by Gasteiger charge is 2.38. The van der Waals surface area contributed by atoms with Gasteiger partial charge in [0.2, 0.25) is 0 Å². The van der Waals surface area contributed by atoms with Gasteiger partial charge in [0.1, 0.15) is 19.2 Å². The molecule has 0 unspecified atom stereocenters. The largest absolute Gasteiger partial charge is 0.414 e. The van der Waals surface area contributed by atoms with Gasteiger partial charge in [0.05, 0.1) is 12.7 Å². The van der Waals surface area contributed by atoms with Crippen LogP contribution in [0.3, 0.4) is 0 Å². The van der Waals surface area contributed by atoms with E-state index in [-0.39, 0.29) is 30.5 Å². The molecule has 0 aliphatic heterocycles. The van der Waals surface area contributed by atoms with Gasteiger partial charge in [-0.05, 0) is 18.1 Å². The summed E-state index contributed by atoms with van der Waals surface area (Å²) in [5.41, 5.74) is 0. The average molecular weight is 306 g/mol. The smallest absolute Gasteiger partial charge is 0.192 e. The van der Waals surface area contributed by atoms with Crippen LogP contribution in [0.2, 0.25) is 18.1 Å². The van der Waals surface area contributed by atoms with E-state index in [0.717, 1.165) is 6.29 Å². The molecular weight excluding hydrogens is 276 g/mol. The highest BCUT2D eigenvalue weighted by molar-refractivity contribution is 6.74. The van der Waals surface area contributed by atoms with E-state index in [4.69, 9.17) is 18.6 Å². The van der Waals surface area contributed by atoms with Crippen molar-refractivity contribution in [2.24, 2.45) is 0 Å². The highest BCUT2D eigenvalue weighted by Crippen LogP contribution is 2.36. The first-order chi connectivity index (χ1) is 9.19. The van der Waals surface area contributed by atoms with E-state index in [1.165, 1.54) is 0 Å². The van der Waals surface area contributed by atoms with Gasteiger partial charge in [0, 0.05) is 20.6 Å². The van der Waals surface area contributed by atoms with Gasteiger partial charge in [0.15, 0.2) is 8.32 Å². The summed E-state index contributed by atoms with van der Waals surface area (Å²) in [5, 5.41) is 0.131. The molecule has 0 N–H and O–H groups in total. The van der Waals surface area contributed by atoms with Crippen LogP contribution in [0.5, 0.6) is 0 Å². The summed E-state index contributed by atoms with van der Waals surface area (Å²) in [5.74, 6) is 0. The molecule has 0 aromatic rings. The number of hydrogen-bond acceptors (Lipinski definition) is 5. The van der Waals surface area contributed by atoms with E-state index in [1.807, 2.05) is 0 Å². The van der Waals surface area contributed by atoms with Crippen molar-refractivity contribution < 1.29 is 23.4 Å². The number of hydrogen-bond donors (Lipinski definition) is 0. The van der Waals surface area contributed by atoms with Crippen molar-refractivity contribution in [3.8, 4) is 0 Å². The number of rotatable bonds is 10. The molecule has 0 saturated heterocycles. The fourth-order valence-corrected chi connectivity index (χ4v) is 2.43. The summed E-state index contributed by atoms with van der Waals surface area (Å²) in [4.78, 5) is 10.7. The Balaban J connectivity index is 4.68. The quantitative estimate of drug-likeness (QED) is 0.353. The minimum absolute atomic E-state index is 0.131. The summed E-state index contributed by atoms with van der Waals surface area (Å²) in [6.07, 6.45) is 0.502. The van der Waals surface area contributed by atoms with Crippen LogP contribution in [0.1, 0.15) is 27.2 Å². The first-order valence-electron chi connectivity index (χ1n) is 6.90. The van der Waals surface area contributed by atoms with Crippen LogP contribution in [0, 0.1) is 0 Å². The Hall–Kier alpha value is -0.273. The highest BCUT2D eigenvalue weighted by atomic mass is 28.4. The predicted octanol–water partition coefficient (Wildman–Crippen LogP) is 2.60. The molecule has 6 heteroatoms. The summed E-state index contributed by atoms with van der Waals surface area (Å²) < 4.78 is 22.0. The molecule has 0 spiro atoms. The van der Waals surface area contributed by atoms with Crippen molar-refractivity contribution in [1.82, 2.24) is 0 Å². The molecule has 2 atom stereocenters. The fraction of sp³-hybridized carbons (Fsp3) is 0.929. The van der Waals surface area contributed by atoms with E-state index in [1.54, 1.807) is 14.2 Å². The summed E-state index contributed by atoms with van der Waals surface area (Å²) >= 11 is 0. The Morgan fingerprint density at radius 1 is 1.15 bits per heavy atom. The third-order valence-electron chi connectivity index (χ3n) is 3.86. The van der Waals surface area contributed by atoms with Gasteiger partial charge in [-0.2, -0.15) is 0 Å². The lowest BCUT2D eigenvalue weighted by atomic mass is 10.1. The summed E-state index contributed by atoms with van der Waals surface area (Å²) in [6, 6.07) is 0. The molecule has 0 radical (unpaired) electrons. The van der Waals surface area contributed by atoms with Gasteiger partial charge < -0.3 is 23.4 Å². The normalized spacial score (nSPS) is 15.9. The van der Waals surface area contributed by atoms with Crippen LogP contribution in [0.25, 0.3) is 0 Å². The molecule has 0 fully saturated rings. The maximum absolute atomic E-state index is 10.7. The Labute approximate surface area is 124 Å². The van der Waals surface area contributed by atoms with E-state index >= 15 is 0 Å². The van der Waals surface area contributed by atoms with Crippen LogP contribution in [0.4, 0.5) is 0 Å². The monoisotopic (exact) mass is 306 g/mol. The topological polar surface area (TPSA) is 54.0 Å². The van der Waals surface area contributed by atoms with Gasteiger partial charge in [0.25, 0.3) is 0 Å². The molecule has 0 aliphatic rings. The first-order valence-corrected chi connectivity index (χ1v) is 9.81. The maximum atomic E-state index is 10.7. The van der Waals surface area contributed by atoms with Crippen molar-refractivity contribution in [3.63, 3.8) is 0 Å². The van der Waals surface area contributed by atoms with Crippen LogP contribution in [0.15, 0.2) is 0 Å². The van der Waals surface area contributed by atoms with Crippen molar-refractivity contribution in [2.45, 2.75) is 57.5 Å². The molecule has 5 nitrogen and oxygen atoms in total. The standard InChI is InChI=1S/C14H30O5Si/c1-14(2,3)20(6,7)19-10-13(18-11-16-4)12(17-5)8-9-15/h9,12-13H,8,10-11H2,1-7H3/t12-,13-/m1/s1. The molecule has 0 aromatic heterocycles. The second kappa shape index (κ2) is 8.89. The Morgan fingerprint density at radius 3 is 2.15 bits per heavy atom. The van der Waals surface area contributed by atoms with Crippen molar-refractivity contribution in [2.75, 3.05) is 27.6 Å². The minimum Gasteiger partial charge on any atom is -0.414 e. The molecule has 0 saturated carbocycles. The SMILES string of the molecule is COCO[C@H](CO[Si](C)(C)C(C)(C)C)[C@@H](CC=O)OC. The lowest BCUT2D eigenvalue weighted by Gasteiger charge is -2.38. The molecule has 0 aromatic carbocycles. The molecule has 0 amide bonds. The maximum Gasteiger partial charge on any atom is 0.192 e. The number of aldehydes is 1. The number of methoxy groups -OCH3 is 2. The molecular formula is C14H30O5Si. The molecule has 0 heterocycles. The zero-order valence-electron chi connectivity index (χ0n) is 13.9. The lowest BCUT2D eigenvalue weighted by Crippen LogP contribution is -2.45. The molecule has 0 aliphatic carbocycles. The van der Waals surface area contributed by atoms with Gasteiger partial charge in [-0.15, -0.1) is 0 Å². The van der Waals surface area contributed by atoms with Crippen LogP contribution in [-0.2, 0) is 23.4 Å². The summed E-state index contributed by atoms with van der Waals surface area (Å²) in [7, 11) is 1.28. The van der Waals surface area contributed by atoms with Crippen LogP contribution >= 0.6 is 0 Å². The second-order valence-electron chi connectivity index (χ2n) is 6.36. The fourth-order valence-electron chi connectivity index (χ4n) is 1.42. The zero-order chi connectivity index (χ0) is 15.8. The zero-order valence-corrected chi connectivity index (χ0v) is 14.9. The Bertz CT molecular complexity index is 275. The lowest BCUT2D eigenvalue weighted by molar-refractivity contribution is -0.138. The van der Waals surface area contributed by atoms with E-state index < -0.39 is 8.32 Å². The van der Waals surface area contributed by atoms with Gasteiger partial charge in [-0.1, -0.05) is 20.8 Å². The molecule has 120 valence electrons. The van der Waals surface area contributed by atoms with Crippen LogP contribution in [-0.4, -0.2) is 54.4 Å². The van der Waals surface area contributed by atoms with Crippen molar-refractivity contribution >= 4 is 14.6 Å². The summed E-state index contributed by atoms with van der Waals surface area (Å²) in [6.45, 7) is 11.5. The molecule has 0 bridgehead atoms. The minimum atomic E-state index is -1.85.